The Morgan fingerprint density at radius 1 is 1.08 bits per heavy atom. The first-order valence-corrected chi connectivity index (χ1v) is 8.14. The number of carbonyl (C=O) groups excluding carboxylic acids is 1. The normalized spacial score (nSPS) is 15.8. The highest BCUT2D eigenvalue weighted by atomic mass is 16.6. The summed E-state index contributed by atoms with van der Waals surface area (Å²) in [7, 11) is 0. The van der Waals surface area contributed by atoms with Gasteiger partial charge < -0.3 is 4.74 Å². The predicted molar refractivity (Wildman–Crippen MR) is 92.5 cm³/mol. The van der Waals surface area contributed by atoms with Crippen molar-refractivity contribution in [2.24, 2.45) is 0 Å². The van der Waals surface area contributed by atoms with Crippen LogP contribution in [0.15, 0.2) is 36.4 Å². The molecule has 1 unspecified atom stereocenters. The number of non-ortho nitro benzene ring substituents is 2. The Kier molecular flexibility index (Phi) is 4.66. The maximum absolute atomic E-state index is 12.3. The van der Waals surface area contributed by atoms with Crippen molar-refractivity contribution in [3.8, 4) is 5.75 Å². The molecular formula is C18H16N2O6. The zero-order chi connectivity index (χ0) is 18.8. The van der Waals surface area contributed by atoms with Gasteiger partial charge in [-0.15, -0.1) is 0 Å². The van der Waals surface area contributed by atoms with E-state index in [0.29, 0.717) is 11.7 Å². The molecule has 1 atom stereocenters. The number of aryl methyl sites for hydroxylation is 1. The Balaban J connectivity index is 1.90. The molecule has 0 amide bonds. The molecule has 26 heavy (non-hydrogen) atoms. The van der Waals surface area contributed by atoms with Gasteiger partial charge in [-0.3, -0.25) is 20.2 Å². The first kappa shape index (κ1) is 17.5. The highest BCUT2D eigenvalue weighted by Crippen LogP contribution is 2.34. The van der Waals surface area contributed by atoms with Crippen LogP contribution in [-0.4, -0.2) is 15.8 Å². The van der Waals surface area contributed by atoms with E-state index in [4.69, 9.17) is 4.74 Å². The number of nitro benzene ring substituents is 2. The minimum absolute atomic E-state index is 0.239. The lowest BCUT2D eigenvalue weighted by atomic mass is 9.84. The molecule has 0 saturated carbocycles. The van der Waals surface area contributed by atoms with E-state index in [1.54, 1.807) is 12.1 Å². The van der Waals surface area contributed by atoms with Gasteiger partial charge in [-0.25, -0.2) is 4.79 Å². The molecule has 0 heterocycles. The SMILES string of the molecule is CC1CCCc2ccc(OC(=O)c3cc([N+](=O)[O-])cc([N+](=O)[O-])c3)cc21. The molecule has 8 nitrogen and oxygen atoms in total. The number of ether oxygens (including phenoxy) is 1. The van der Waals surface area contributed by atoms with E-state index in [1.807, 2.05) is 6.07 Å². The predicted octanol–water partition coefficient (Wildman–Crippen LogP) is 4.16. The third-order valence-corrected chi connectivity index (χ3v) is 4.50. The van der Waals surface area contributed by atoms with Gasteiger partial charge in [0.1, 0.15) is 5.75 Å². The van der Waals surface area contributed by atoms with E-state index < -0.39 is 27.2 Å². The van der Waals surface area contributed by atoms with Gasteiger partial charge in [0, 0.05) is 12.1 Å². The number of carbonyl (C=O) groups is 1. The number of benzene rings is 2. The number of rotatable bonds is 4. The Morgan fingerprint density at radius 2 is 1.73 bits per heavy atom. The number of hydrogen-bond acceptors (Lipinski definition) is 6. The topological polar surface area (TPSA) is 113 Å². The Morgan fingerprint density at radius 3 is 2.35 bits per heavy atom. The lowest BCUT2D eigenvalue weighted by molar-refractivity contribution is -0.394. The molecule has 0 fully saturated rings. The van der Waals surface area contributed by atoms with E-state index >= 15 is 0 Å². The summed E-state index contributed by atoms with van der Waals surface area (Å²) in [6, 6.07) is 8.11. The zero-order valence-electron chi connectivity index (χ0n) is 14.0. The molecule has 1 aliphatic carbocycles. The summed E-state index contributed by atoms with van der Waals surface area (Å²) < 4.78 is 5.30. The minimum atomic E-state index is -0.875. The summed E-state index contributed by atoms with van der Waals surface area (Å²) in [4.78, 5) is 32.6. The van der Waals surface area contributed by atoms with Gasteiger partial charge in [-0.1, -0.05) is 13.0 Å². The van der Waals surface area contributed by atoms with Crippen LogP contribution in [0.2, 0.25) is 0 Å². The van der Waals surface area contributed by atoms with Crippen molar-refractivity contribution in [1.82, 2.24) is 0 Å². The second-order valence-electron chi connectivity index (χ2n) is 6.30. The molecule has 0 aliphatic heterocycles. The standard InChI is InChI=1S/C18H16N2O6/c1-11-3-2-4-12-5-6-16(10-17(11)12)26-18(21)13-7-14(19(22)23)9-15(8-13)20(24)25/h5-11H,2-4H2,1H3. The van der Waals surface area contributed by atoms with Crippen LogP contribution >= 0.6 is 0 Å². The van der Waals surface area contributed by atoms with Crippen LogP contribution in [0.3, 0.4) is 0 Å². The Labute approximate surface area is 148 Å². The number of nitro groups is 2. The number of esters is 1. The van der Waals surface area contributed by atoms with Crippen molar-refractivity contribution in [3.05, 3.63) is 73.3 Å². The lowest BCUT2D eigenvalue weighted by Crippen LogP contribution is -2.11. The molecule has 3 rings (SSSR count). The molecule has 1 aliphatic rings. The monoisotopic (exact) mass is 356 g/mol. The van der Waals surface area contributed by atoms with Crippen molar-refractivity contribution >= 4 is 17.3 Å². The molecular weight excluding hydrogens is 340 g/mol. The van der Waals surface area contributed by atoms with E-state index in [2.05, 4.69) is 6.92 Å². The van der Waals surface area contributed by atoms with Crippen molar-refractivity contribution in [2.45, 2.75) is 32.1 Å². The van der Waals surface area contributed by atoms with Gasteiger partial charge >= 0.3 is 5.97 Å². The second kappa shape index (κ2) is 6.91. The Bertz CT molecular complexity index is 876. The van der Waals surface area contributed by atoms with Gasteiger partial charge in [0.2, 0.25) is 0 Å². The van der Waals surface area contributed by atoms with E-state index in [1.165, 1.54) is 5.56 Å². The molecule has 0 N–H and O–H groups in total. The van der Waals surface area contributed by atoms with Crippen molar-refractivity contribution < 1.29 is 19.4 Å². The smallest absolute Gasteiger partial charge is 0.344 e. The fourth-order valence-corrected chi connectivity index (χ4v) is 3.17. The summed E-state index contributed by atoms with van der Waals surface area (Å²) in [5.74, 6) is -0.201. The minimum Gasteiger partial charge on any atom is -0.423 e. The average molecular weight is 356 g/mol. The van der Waals surface area contributed by atoms with Crippen LogP contribution < -0.4 is 4.74 Å². The zero-order valence-corrected chi connectivity index (χ0v) is 14.0. The lowest BCUT2D eigenvalue weighted by Gasteiger charge is -2.22. The average Bonchev–Trinajstić information content (AvgIpc) is 2.62. The molecule has 134 valence electrons. The summed E-state index contributed by atoms with van der Waals surface area (Å²) >= 11 is 0. The first-order chi connectivity index (χ1) is 12.3. The Hall–Kier alpha value is -3.29. The number of fused-ring (bicyclic) bond motifs is 1. The molecule has 0 radical (unpaired) electrons. The number of hydrogen-bond donors (Lipinski definition) is 0. The van der Waals surface area contributed by atoms with Crippen molar-refractivity contribution in [1.29, 1.82) is 0 Å². The number of nitrogens with zero attached hydrogens (tertiary/aromatic N) is 2. The van der Waals surface area contributed by atoms with Crippen molar-refractivity contribution in [3.63, 3.8) is 0 Å². The molecule has 2 aromatic rings. The van der Waals surface area contributed by atoms with Crippen LogP contribution in [0.25, 0.3) is 0 Å². The van der Waals surface area contributed by atoms with Crippen LogP contribution in [0.1, 0.15) is 47.2 Å². The summed E-state index contributed by atoms with van der Waals surface area (Å²) in [6.45, 7) is 2.10. The third-order valence-electron chi connectivity index (χ3n) is 4.50. The van der Waals surface area contributed by atoms with Gasteiger partial charge in [0.15, 0.2) is 0 Å². The molecule has 0 saturated heterocycles. The van der Waals surface area contributed by atoms with E-state index in [-0.39, 0.29) is 5.56 Å². The maximum Gasteiger partial charge on any atom is 0.344 e. The molecule has 8 heteroatoms. The summed E-state index contributed by atoms with van der Waals surface area (Å²) in [5, 5.41) is 21.9. The second-order valence-corrected chi connectivity index (χ2v) is 6.30. The summed E-state index contributed by atoms with van der Waals surface area (Å²) in [6.07, 6.45) is 3.15. The first-order valence-electron chi connectivity index (χ1n) is 8.14. The van der Waals surface area contributed by atoms with Crippen LogP contribution in [0.4, 0.5) is 11.4 Å². The molecule has 2 aromatic carbocycles. The molecule has 0 aromatic heterocycles. The largest absolute Gasteiger partial charge is 0.423 e. The van der Waals surface area contributed by atoms with Crippen LogP contribution in [-0.2, 0) is 6.42 Å². The van der Waals surface area contributed by atoms with Gasteiger partial charge in [0.05, 0.1) is 21.5 Å². The van der Waals surface area contributed by atoms with Gasteiger partial charge in [-0.2, -0.15) is 0 Å². The quantitative estimate of drug-likeness (QED) is 0.352. The highest BCUT2D eigenvalue weighted by molar-refractivity contribution is 5.92. The van der Waals surface area contributed by atoms with E-state index in [0.717, 1.165) is 43.0 Å². The van der Waals surface area contributed by atoms with Gasteiger partial charge in [0.25, 0.3) is 11.4 Å². The third kappa shape index (κ3) is 3.53. The van der Waals surface area contributed by atoms with Crippen LogP contribution in [0, 0.1) is 20.2 Å². The maximum atomic E-state index is 12.3. The highest BCUT2D eigenvalue weighted by Gasteiger charge is 2.22. The molecule has 0 bridgehead atoms. The van der Waals surface area contributed by atoms with Crippen LogP contribution in [0.5, 0.6) is 5.75 Å². The summed E-state index contributed by atoms with van der Waals surface area (Å²) in [5.41, 5.74) is 1.02. The van der Waals surface area contributed by atoms with Gasteiger partial charge in [-0.05, 0) is 48.4 Å². The van der Waals surface area contributed by atoms with E-state index in [9.17, 15) is 25.0 Å². The van der Waals surface area contributed by atoms with Crippen molar-refractivity contribution in [2.75, 3.05) is 0 Å². The molecule has 0 spiro atoms. The fourth-order valence-electron chi connectivity index (χ4n) is 3.17. The fraction of sp³-hybridized carbons (Fsp3) is 0.278.